The van der Waals surface area contributed by atoms with Crippen LogP contribution in [0.2, 0.25) is 0 Å². The van der Waals surface area contributed by atoms with E-state index in [9.17, 15) is 4.79 Å². The highest BCUT2D eigenvalue weighted by atomic mass is 16.2. The van der Waals surface area contributed by atoms with Gasteiger partial charge in [0.05, 0.1) is 0 Å². The zero-order chi connectivity index (χ0) is 26.3. The van der Waals surface area contributed by atoms with Crippen LogP contribution in [0.3, 0.4) is 0 Å². The van der Waals surface area contributed by atoms with E-state index in [-0.39, 0.29) is 11.4 Å². The zero-order valence-electron chi connectivity index (χ0n) is 23.2. The number of hydrogen-bond donors (Lipinski definition) is 1. The fraction of sp³-hybridized carbons (Fsp3) is 0.552. The highest BCUT2D eigenvalue weighted by Gasteiger charge is 2.46. The molecule has 2 aliphatic rings. The van der Waals surface area contributed by atoms with Crippen LogP contribution >= 0.6 is 0 Å². The van der Waals surface area contributed by atoms with Gasteiger partial charge in [-0.05, 0) is 69.4 Å². The van der Waals surface area contributed by atoms with Crippen molar-refractivity contribution in [3.63, 3.8) is 0 Å². The smallest absolute Gasteiger partial charge is 0.270 e. The van der Waals surface area contributed by atoms with Gasteiger partial charge in [0.2, 0.25) is 5.95 Å². The van der Waals surface area contributed by atoms with E-state index in [2.05, 4.69) is 76.6 Å². The summed E-state index contributed by atoms with van der Waals surface area (Å²) in [6, 6.07) is 11.1. The number of benzene rings is 1. The number of rotatable bonds is 7. The third-order valence-corrected chi connectivity index (χ3v) is 8.68. The second-order valence-electron chi connectivity index (χ2n) is 11.2. The number of hydrogen-bond acceptors (Lipinski definition) is 6. The molecule has 1 aliphatic carbocycles. The molecular weight excluding hydrogens is 462 g/mol. The Morgan fingerprint density at radius 3 is 2.41 bits per heavy atom. The van der Waals surface area contributed by atoms with Crippen molar-refractivity contribution in [2.75, 3.05) is 50.5 Å². The number of piperazine rings is 1. The molecule has 3 aromatic rings. The van der Waals surface area contributed by atoms with Crippen LogP contribution in [0.25, 0.3) is 11.0 Å². The summed E-state index contributed by atoms with van der Waals surface area (Å²) in [5.41, 5.74) is 3.64. The number of nitrogens with one attached hydrogen (secondary N) is 1. The van der Waals surface area contributed by atoms with Gasteiger partial charge in [0.1, 0.15) is 11.3 Å². The summed E-state index contributed by atoms with van der Waals surface area (Å²) in [5.74, 6) is 1.04. The molecule has 1 saturated heterocycles. The van der Waals surface area contributed by atoms with E-state index in [4.69, 9.17) is 4.98 Å². The van der Waals surface area contributed by atoms with Crippen LogP contribution in [0.15, 0.2) is 36.5 Å². The van der Waals surface area contributed by atoms with Crippen molar-refractivity contribution in [2.24, 2.45) is 5.92 Å². The average molecular weight is 504 g/mol. The van der Waals surface area contributed by atoms with Crippen LogP contribution in [0.5, 0.6) is 0 Å². The Hall–Kier alpha value is -3.13. The lowest BCUT2D eigenvalue weighted by molar-refractivity contribution is 0.0488. The molecule has 3 heterocycles. The Balaban J connectivity index is 1.41. The molecule has 2 fully saturated rings. The minimum Gasteiger partial charge on any atom is -0.369 e. The second kappa shape index (κ2) is 9.97. The van der Waals surface area contributed by atoms with Crippen molar-refractivity contribution in [1.29, 1.82) is 0 Å². The molecule has 1 unspecified atom stereocenters. The standard InChI is InChI=1S/C29H41N7O/c1-7-29(13-12-21(29)4)36-25(27(37)33(5)6)18-22-19-30-28(32-26(22)36)31-23-8-10-24(11-9-23)35-16-14-34(15-17-35)20(2)3/h8-11,18-21H,7,12-17H2,1-6H3,(H,30,31,32)/t21-,29?/m1/s1. The summed E-state index contributed by atoms with van der Waals surface area (Å²) in [7, 11) is 3.61. The maximum Gasteiger partial charge on any atom is 0.270 e. The first-order valence-electron chi connectivity index (χ1n) is 13.7. The van der Waals surface area contributed by atoms with Crippen molar-refractivity contribution in [2.45, 2.75) is 58.5 Å². The lowest BCUT2D eigenvalue weighted by atomic mass is 9.65. The second-order valence-corrected chi connectivity index (χ2v) is 11.2. The number of fused-ring (bicyclic) bond motifs is 1. The molecule has 1 N–H and O–H groups in total. The topological polar surface area (TPSA) is 69.5 Å². The molecule has 2 aromatic heterocycles. The number of carbonyl (C=O) groups excluding carboxylic acids is 1. The first kappa shape index (κ1) is 25.5. The molecule has 1 saturated carbocycles. The van der Waals surface area contributed by atoms with E-state index in [0.717, 1.165) is 62.2 Å². The number of nitrogens with zero attached hydrogens (tertiary/aromatic N) is 6. The summed E-state index contributed by atoms with van der Waals surface area (Å²) in [6.45, 7) is 13.3. The summed E-state index contributed by atoms with van der Waals surface area (Å²) >= 11 is 0. The summed E-state index contributed by atoms with van der Waals surface area (Å²) in [5, 5.41) is 4.30. The number of aromatic nitrogens is 3. The molecular formula is C29H41N7O. The molecule has 0 spiro atoms. The normalized spacial score (nSPS) is 22.4. The molecule has 2 atom stereocenters. The highest BCUT2D eigenvalue weighted by molar-refractivity contribution is 5.98. The van der Waals surface area contributed by atoms with E-state index in [1.807, 2.05) is 12.3 Å². The first-order chi connectivity index (χ1) is 17.7. The largest absolute Gasteiger partial charge is 0.369 e. The minimum atomic E-state index is -0.0877. The van der Waals surface area contributed by atoms with Crippen LogP contribution in [-0.2, 0) is 5.54 Å². The van der Waals surface area contributed by atoms with Crippen LogP contribution < -0.4 is 10.2 Å². The lowest BCUT2D eigenvalue weighted by Gasteiger charge is -2.50. The van der Waals surface area contributed by atoms with Gasteiger partial charge in [-0.3, -0.25) is 9.69 Å². The van der Waals surface area contributed by atoms with Crippen molar-refractivity contribution >= 4 is 34.3 Å². The lowest BCUT2D eigenvalue weighted by Crippen LogP contribution is -2.49. The van der Waals surface area contributed by atoms with Crippen molar-refractivity contribution < 1.29 is 4.79 Å². The van der Waals surface area contributed by atoms with E-state index < -0.39 is 0 Å². The van der Waals surface area contributed by atoms with Crippen LogP contribution in [0.4, 0.5) is 17.3 Å². The molecule has 1 aromatic carbocycles. The van der Waals surface area contributed by atoms with Gasteiger partial charge in [0.15, 0.2) is 0 Å². The van der Waals surface area contributed by atoms with Gasteiger partial charge in [-0.2, -0.15) is 4.98 Å². The van der Waals surface area contributed by atoms with Gasteiger partial charge in [0, 0.05) is 74.8 Å². The fourth-order valence-corrected chi connectivity index (χ4v) is 6.05. The summed E-state index contributed by atoms with van der Waals surface area (Å²) in [6.07, 6.45) is 5.02. The number of anilines is 3. The van der Waals surface area contributed by atoms with E-state index in [1.165, 1.54) is 5.69 Å². The molecule has 1 amide bonds. The fourth-order valence-electron chi connectivity index (χ4n) is 6.05. The third-order valence-electron chi connectivity index (χ3n) is 8.68. The molecule has 198 valence electrons. The molecule has 0 radical (unpaired) electrons. The SMILES string of the molecule is CCC1(n2c(C(=O)N(C)C)cc3cnc(Nc4ccc(N5CCN(C(C)C)CC5)cc4)nc32)CC[C@H]1C. The van der Waals surface area contributed by atoms with E-state index in [0.29, 0.717) is 23.6 Å². The Morgan fingerprint density at radius 2 is 1.86 bits per heavy atom. The predicted octanol–water partition coefficient (Wildman–Crippen LogP) is 4.94. The summed E-state index contributed by atoms with van der Waals surface area (Å²) in [4.78, 5) is 29.3. The van der Waals surface area contributed by atoms with Gasteiger partial charge in [-0.1, -0.05) is 13.8 Å². The van der Waals surface area contributed by atoms with Crippen molar-refractivity contribution in [3.8, 4) is 0 Å². The maximum atomic E-state index is 13.2. The molecule has 0 bridgehead atoms. The Labute approximate surface area is 220 Å². The Bertz CT molecular complexity index is 1250. The van der Waals surface area contributed by atoms with Crippen LogP contribution in [-0.4, -0.2) is 76.6 Å². The average Bonchev–Trinajstić information content (AvgIpc) is 3.27. The molecule has 1 aliphatic heterocycles. The van der Waals surface area contributed by atoms with Gasteiger partial charge in [-0.25, -0.2) is 4.98 Å². The predicted molar refractivity (Wildman–Crippen MR) is 151 cm³/mol. The Kier molecular flexibility index (Phi) is 6.88. The third kappa shape index (κ3) is 4.56. The molecule has 5 rings (SSSR count). The van der Waals surface area contributed by atoms with E-state index in [1.54, 1.807) is 19.0 Å². The van der Waals surface area contributed by atoms with Gasteiger partial charge >= 0.3 is 0 Å². The molecule has 37 heavy (non-hydrogen) atoms. The summed E-state index contributed by atoms with van der Waals surface area (Å²) < 4.78 is 2.21. The Morgan fingerprint density at radius 1 is 1.16 bits per heavy atom. The quantitative estimate of drug-likeness (QED) is 0.492. The van der Waals surface area contributed by atoms with Crippen molar-refractivity contribution in [1.82, 2.24) is 24.3 Å². The number of carbonyl (C=O) groups is 1. The highest BCUT2D eigenvalue weighted by Crippen LogP contribution is 2.49. The van der Waals surface area contributed by atoms with Gasteiger partial charge in [-0.15, -0.1) is 0 Å². The van der Waals surface area contributed by atoms with Gasteiger partial charge < -0.3 is 19.7 Å². The first-order valence-corrected chi connectivity index (χ1v) is 13.7. The zero-order valence-corrected chi connectivity index (χ0v) is 23.2. The maximum absolute atomic E-state index is 13.2. The molecule has 8 nitrogen and oxygen atoms in total. The van der Waals surface area contributed by atoms with Crippen LogP contribution in [0, 0.1) is 5.92 Å². The monoisotopic (exact) mass is 503 g/mol. The molecule has 8 heteroatoms. The van der Waals surface area contributed by atoms with Crippen LogP contribution in [0.1, 0.15) is 57.4 Å². The van der Waals surface area contributed by atoms with Gasteiger partial charge in [0.25, 0.3) is 5.91 Å². The minimum absolute atomic E-state index is 0.00394. The van der Waals surface area contributed by atoms with E-state index >= 15 is 0 Å². The van der Waals surface area contributed by atoms with Crippen molar-refractivity contribution in [3.05, 3.63) is 42.2 Å². The number of amides is 1.